The summed E-state index contributed by atoms with van der Waals surface area (Å²) in [5.41, 5.74) is 10.9. The zero-order valence-corrected chi connectivity index (χ0v) is 13.8. The van der Waals surface area contributed by atoms with Crippen molar-refractivity contribution in [1.82, 2.24) is 20.6 Å². The summed E-state index contributed by atoms with van der Waals surface area (Å²) in [4.78, 5) is 52.9. The molecular weight excluding hydrogens is 348 g/mol. The van der Waals surface area contributed by atoms with Crippen molar-refractivity contribution < 1.29 is 29.4 Å². The Balaban J connectivity index is 2.85. The second kappa shape index (κ2) is 10.1. The van der Waals surface area contributed by atoms with E-state index in [1.807, 2.05) is 0 Å². The quantitative estimate of drug-likeness (QED) is 0.208. The van der Waals surface area contributed by atoms with Crippen LogP contribution >= 0.6 is 0 Å². The Labute approximate surface area is 148 Å². The van der Waals surface area contributed by atoms with E-state index in [9.17, 15) is 19.2 Å². The molecule has 0 bridgehead atoms. The highest BCUT2D eigenvalue weighted by Crippen LogP contribution is 2.03. The van der Waals surface area contributed by atoms with Crippen molar-refractivity contribution in [3.05, 3.63) is 18.2 Å². The third-order valence-electron chi connectivity index (χ3n) is 3.44. The van der Waals surface area contributed by atoms with Crippen molar-refractivity contribution in [3.63, 3.8) is 0 Å². The Kier molecular flexibility index (Phi) is 8.18. The number of imidazole rings is 1. The van der Waals surface area contributed by atoms with Crippen LogP contribution in [0.15, 0.2) is 12.5 Å². The van der Waals surface area contributed by atoms with E-state index in [0.717, 1.165) is 0 Å². The fraction of sp³-hybridized carbons (Fsp3) is 0.500. The van der Waals surface area contributed by atoms with Crippen molar-refractivity contribution >= 4 is 23.7 Å². The molecule has 12 nitrogen and oxygen atoms in total. The first-order valence-corrected chi connectivity index (χ1v) is 7.70. The summed E-state index contributed by atoms with van der Waals surface area (Å²) in [6, 6.07) is -3.77. The lowest BCUT2D eigenvalue weighted by Gasteiger charge is -2.22. The SMILES string of the molecule is NC(=O)CC[C@H](NC(=O)[C@H](Cc1cnc[nH]1)NC(=O)[C@@H](N)CO)C(=O)O. The molecule has 0 spiro atoms. The van der Waals surface area contributed by atoms with E-state index in [0.29, 0.717) is 5.69 Å². The zero-order chi connectivity index (χ0) is 19.7. The van der Waals surface area contributed by atoms with E-state index in [1.165, 1.54) is 12.5 Å². The zero-order valence-electron chi connectivity index (χ0n) is 13.8. The molecule has 0 radical (unpaired) electrons. The minimum Gasteiger partial charge on any atom is -0.480 e. The number of primary amides is 1. The molecule has 9 N–H and O–H groups in total. The maximum atomic E-state index is 12.4. The van der Waals surface area contributed by atoms with Crippen molar-refractivity contribution in [3.8, 4) is 0 Å². The van der Waals surface area contributed by atoms with Gasteiger partial charge in [-0.1, -0.05) is 0 Å². The first kappa shape index (κ1) is 21.1. The number of aliphatic hydroxyl groups is 1. The number of carboxylic acid groups (broad SMARTS) is 1. The largest absolute Gasteiger partial charge is 0.480 e. The fourth-order valence-electron chi connectivity index (χ4n) is 2.00. The molecule has 0 aliphatic heterocycles. The van der Waals surface area contributed by atoms with Gasteiger partial charge < -0.3 is 37.3 Å². The Bertz CT molecular complexity index is 634. The van der Waals surface area contributed by atoms with E-state index in [-0.39, 0.29) is 19.3 Å². The number of carbonyl (C=O) groups excluding carboxylic acids is 3. The van der Waals surface area contributed by atoms with E-state index < -0.39 is 48.4 Å². The summed E-state index contributed by atoms with van der Waals surface area (Å²) in [7, 11) is 0. The number of hydrogen-bond donors (Lipinski definition) is 7. The molecule has 144 valence electrons. The number of amides is 3. The molecule has 26 heavy (non-hydrogen) atoms. The summed E-state index contributed by atoms with van der Waals surface area (Å²) >= 11 is 0. The average molecular weight is 370 g/mol. The number of rotatable bonds is 11. The summed E-state index contributed by atoms with van der Waals surface area (Å²) in [5, 5.41) is 22.7. The second-order valence-corrected chi connectivity index (χ2v) is 5.54. The molecule has 3 amide bonds. The average Bonchev–Trinajstić information content (AvgIpc) is 3.09. The minimum absolute atomic E-state index is 0.0160. The molecular formula is C14H22N6O6. The Hall–Kier alpha value is -2.99. The molecule has 0 unspecified atom stereocenters. The van der Waals surface area contributed by atoms with Crippen LogP contribution in [0.2, 0.25) is 0 Å². The number of carboxylic acids is 1. The van der Waals surface area contributed by atoms with Crippen LogP contribution < -0.4 is 22.1 Å². The van der Waals surface area contributed by atoms with Gasteiger partial charge in [-0.2, -0.15) is 0 Å². The smallest absolute Gasteiger partial charge is 0.326 e. The van der Waals surface area contributed by atoms with Gasteiger partial charge in [-0.25, -0.2) is 9.78 Å². The summed E-state index contributed by atoms with van der Waals surface area (Å²) < 4.78 is 0. The molecule has 3 atom stereocenters. The van der Waals surface area contributed by atoms with E-state index in [1.54, 1.807) is 0 Å². The lowest BCUT2D eigenvalue weighted by molar-refractivity contribution is -0.142. The maximum absolute atomic E-state index is 12.4. The highest BCUT2D eigenvalue weighted by Gasteiger charge is 2.28. The molecule has 0 saturated heterocycles. The number of H-pyrrole nitrogens is 1. The van der Waals surface area contributed by atoms with Crippen molar-refractivity contribution in [1.29, 1.82) is 0 Å². The van der Waals surface area contributed by atoms with Crippen LogP contribution in [0.4, 0.5) is 0 Å². The highest BCUT2D eigenvalue weighted by molar-refractivity contribution is 5.92. The van der Waals surface area contributed by atoms with Crippen LogP contribution in [-0.2, 0) is 25.6 Å². The molecule has 12 heteroatoms. The van der Waals surface area contributed by atoms with Gasteiger partial charge >= 0.3 is 5.97 Å². The van der Waals surface area contributed by atoms with E-state index in [4.69, 9.17) is 21.7 Å². The van der Waals surface area contributed by atoms with Gasteiger partial charge in [0.1, 0.15) is 18.1 Å². The highest BCUT2D eigenvalue weighted by atomic mass is 16.4. The van der Waals surface area contributed by atoms with Crippen LogP contribution in [0, 0.1) is 0 Å². The van der Waals surface area contributed by atoms with Gasteiger partial charge in [-0.15, -0.1) is 0 Å². The molecule has 1 heterocycles. The van der Waals surface area contributed by atoms with Crippen LogP contribution in [0.1, 0.15) is 18.5 Å². The van der Waals surface area contributed by atoms with Gasteiger partial charge in [0.25, 0.3) is 0 Å². The van der Waals surface area contributed by atoms with Gasteiger partial charge in [0.2, 0.25) is 17.7 Å². The van der Waals surface area contributed by atoms with Crippen molar-refractivity contribution in [2.75, 3.05) is 6.61 Å². The predicted molar refractivity (Wildman–Crippen MR) is 87.3 cm³/mol. The molecule has 0 saturated carbocycles. The number of aromatic amines is 1. The van der Waals surface area contributed by atoms with E-state index in [2.05, 4.69) is 20.6 Å². The topological polar surface area (TPSA) is 214 Å². The molecule has 0 fully saturated rings. The van der Waals surface area contributed by atoms with Crippen molar-refractivity contribution in [2.24, 2.45) is 11.5 Å². The predicted octanol–water partition coefficient (Wildman–Crippen LogP) is -3.41. The Morgan fingerprint density at radius 2 is 1.85 bits per heavy atom. The summed E-state index contributed by atoms with van der Waals surface area (Å²) in [6.45, 7) is -0.624. The second-order valence-electron chi connectivity index (χ2n) is 5.54. The first-order valence-electron chi connectivity index (χ1n) is 7.70. The number of aromatic nitrogens is 2. The van der Waals surface area contributed by atoms with Gasteiger partial charge in [-0.05, 0) is 6.42 Å². The minimum atomic E-state index is -1.36. The third-order valence-corrected chi connectivity index (χ3v) is 3.44. The van der Waals surface area contributed by atoms with Crippen LogP contribution in [-0.4, -0.2) is 68.6 Å². The van der Waals surface area contributed by atoms with Crippen LogP contribution in [0.5, 0.6) is 0 Å². The first-order chi connectivity index (χ1) is 12.2. The summed E-state index contributed by atoms with van der Waals surface area (Å²) in [5.74, 6) is -3.63. The van der Waals surface area contributed by atoms with Crippen molar-refractivity contribution in [2.45, 2.75) is 37.4 Å². The molecule has 0 aliphatic rings. The van der Waals surface area contributed by atoms with Gasteiger partial charge in [0, 0.05) is 24.7 Å². The van der Waals surface area contributed by atoms with Gasteiger partial charge in [0.15, 0.2) is 0 Å². The number of nitrogens with zero attached hydrogens (tertiary/aromatic N) is 1. The normalized spacial score (nSPS) is 14.1. The van der Waals surface area contributed by atoms with Crippen LogP contribution in [0.3, 0.4) is 0 Å². The van der Waals surface area contributed by atoms with Gasteiger partial charge in [0.05, 0.1) is 12.9 Å². The molecule has 1 rings (SSSR count). The third kappa shape index (κ3) is 6.86. The number of nitrogens with one attached hydrogen (secondary N) is 3. The molecule has 0 aliphatic carbocycles. The number of nitrogens with two attached hydrogens (primary N) is 2. The molecule has 0 aromatic carbocycles. The molecule has 1 aromatic rings. The number of carbonyl (C=O) groups is 4. The monoisotopic (exact) mass is 370 g/mol. The fourth-order valence-corrected chi connectivity index (χ4v) is 2.00. The number of aliphatic carboxylic acids is 1. The lowest BCUT2D eigenvalue weighted by Crippen LogP contribution is -2.55. The maximum Gasteiger partial charge on any atom is 0.326 e. The van der Waals surface area contributed by atoms with E-state index >= 15 is 0 Å². The Morgan fingerprint density at radius 3 is 2.35 bits per heavy atom. The number of hydrogen-bond acceptors (Lipinski definition) is 7. The lowest BCUT2D eigenvalue weighted by atomic mass is 10.1. The standard InChI is InChI=1S/C14H22N6O6/c15-8(5-21)12(23)20-10(3-7-4-17-6-18-7)13(24)19-9(14(25)26)1-2-11(16)22/h4,6,8-10,21H,1-3,5,15H2,(H2,16,22)(H,17,18)(H,19,24)(H,20,23)(H,25,26)/t8-,9-,10-/m0/s1. The summed E-state index contributed by atoms with van der Waals surface area (Å²) in [6.07, 6.45) is 2.36. The molecule has 1 aromatic heterocycles. The van der Waals surface area contributed by atoms with Gasteiger partial charge in [-0.3, -0.25) is 14.4 Å². The number of aliphatic hydroxyl groups excluding tert-OH is 1. The van der Waals surface area contributed by atoms with Crippen LogP contribution in [0.25, 0.3) is 0 Å². The Morgan fingerprint density at radius 1 is 1.19 bits per heavy atom.